The highest BCUT2D eigenvalue weighted by Crippen LogP contribution is 2.08. The molecule has 0 fully saturated rings. The zero-order chi connectivity index (χ0) is 12.6. The molecule has 0 bridgehead atoms. The molecule has 0 aliphatic heterocycles. The SMILES string of the molecule is C#CCCCCCC=CCCCCCCCC. The quantitative estimate of drug-likeness (QED) is 0.225. The van der Waals surface area contributed by atoms with E-state index in [1.807, 2.05) is 0 Å². The first-order valence-corrected chi connectivity index (χ1v) is 7.50. The first-order valence-electron chi connectivity index (χ1n) is 7.50. The molecular weight excluding hydrogens is 204 g/mol. The third kappa shape index (κ3) is 15.3. The van der Waals surface area contributed by atoms with E-state index in [1.54, 1.807) is 0 Å². The molecule has 17 heavy (non-hydrogen) atoms. The van der Waals surface area contributed by atoms with Crippen LogP contribution in [0.1, 0.15) is 84.0 Å². The van der Waals surface area contributed by atoms with Crippen LogP contribution in [0, 0.1) is 12.3 Å². The summed E-state index contributed by atoms with van der Waals surface area (Å²) in [7, 11) is 0. The third-order valence-electron chi connectivity index (χ3n) is 3.08. The van der Waals surface area contributed by atoms with Gasteiger partial charge in [0.2, 0.25) is 0 Å². The summed E-state index contributed by atoms with van der Waals surface area (Å²) in [5.74, 6) is 2.69. The Morgan fingerprint density at radius 2 is 1.29 bits per heavy atom. The lowest BCUT2D eigenvalue weighted by molar-refractivity contribution is 0.610. The fourth-order valence-corrected chi connectivity index (χ4v) is 1.94. The van der Waals surface area contributed by atoms with Crippen molar-refractivity contribution < 1.29 is 0 Å². The summed E-state index contributed by atoms with van der Waals surface area (Å²) >= 11 is 0. The minimum Gasteiger partial charge on any atom is -0.120 e. The Balaban J connectivity index is 3.02. The largest absolute Gasteiger partial charge is 0.120 e. The molecule has 0 spiro atoms. The number of unbranched alkanes of at least 4 members (excludes halogenated alkanes) is 10. The van der Waals surface area contributed by atoms with E-state index in [0.29, 0.717) is 0 Å². The Labute approximate surface area is 109 Å². The van der Waals surface area contributed by atoms with Gasteiger partial charge in [-0.05, 0) is 32.1 Å². The van der Waals surface area contributed by atoms with Crippen molar-refractivity contribution in [3.05, 3.63) is 12.2 Å². The van der Waals surface area contributed by atoms with Gasteiger partial charge in [-0.25, -0.2) is 0 Å². The molecule has 0 aliphatic rings. The van der Waals surface area contributed by atoms with Crippen LogP contribution in [-0.4, -0.2) is 0 Å². The molecule has 0 aromatic heterocycles. The maximum atomic E-state index is 5.20. The van der Waals surface area contributed by atoms with E-state index < -0.39 is 0 Å². The lowest BCUT2D eigenvalue weighted by atomic mass is 10.1. The summed E-state index contributed by atoms with van der Waals surface area (Å²) < 4.78 is 0. The average Bonchev–Trinajstić information content (AvgIpc) is 2.35. The number of terminal acetylenes is 1. The molecule has 0 rings (SSSR count). The van der Waals surface area contributed by atoms with Crippen molar-refractivity contribution >= 4 is 0 Å². The van der Waals surface area contributed by atoms with Crippen LogP contribution in [0.3, 0.4) is 0 Å². The van der Waals surface area contributed by atoms with Gasteiger partial charge in [0, 0.05) is 6.42 Å². The van der Waals surface area contributed by atoms with E-state index >= 15 is 0 Å². The highest BCUT2D eigenvalue weighted by Gasteiger charge is 1.88. The van der Waals surface area contributed by atoms with Crippen LogP contribution < -0.4 is 0 Å². The van der Waals surface area contributed by atoms with Crippen LogP contribution in [0.25, 0.3) is 0 Å². The fourth-order valence-electron chi connectivity index (χ4n) is 1.94. The Morgan fingerprint density at radius 3 is 1.88 bits per heavy atom. The summed E-state index contributed by atoms with van der Waals surface area (Å²) in [4.78, 5) is 0. The van der Waals surface area contributed by atoms with Gasteiger partial charge in [-0.2, -0.15) is 0 Å². The lowest BCUT2D eigenvalue weighted by Gasteiger charge is -1.98. The Bertz CT molecular complexity index is 195. The van der Waals surface area contributed by atoms with E-state index in [9.17, 15) is 0 Å². The Kier molecular flexibility index (Phi) is 14.7. The van der Waals surface area contributed by atoms with Crippen molar-refractivity contribution in [3.63, 3.8) is 0 Å². The van der Waals surface area contributed by atoms with Gasteiger partial charge in [0.05, 0.1) is 0 Å². The topological polar surface area (TPSA) is 0 Å². The normalized spacial score (nSPS) is 10.8. The molecule has 0 aromatic rings. The van der Waals surface area contributed by atoms with E-state index in [2.05, 4.69) is 25.0 Å². The summed E-state index contributed by atoms with van der Waals surface area (Å²) in [5, 5.41) is 0. The van der Waals surface area contributed by atoms with Crippen molar-refractivity contribution in [2.75, 3.05) is 0 Å². The first kappa shape index (κ1) is 16.3. The van der Waals surface area contributed by atoms with E-state index in [-0.39, 0.29) is 0 Å². The van der Waals surface area contributed by atoms with Gasteiger partial charge in [0.1, 0.15) is 0 Å². The average molecular weight is 234 g/mol. The molecule has 0 heteroatoms. The van der Waals surface area contributed by atoms with Crippen molar-refractivity contribution in [1.29, 1.82) is 0 Å². The van der Waals surface area contributed by atoms with Gasteiger partial charge >= 0.3 is 0 Å². The Morgan fingerprint density at radius 1 is 0.765 bits per heavy atom. The molecule has 0 nitrogen and oxygen atoms in total. The number of hydrogen-bond donors (Lipinski definition) is 0. The van der Waals surface area contributed by atoms with Crippen LogP contribution in [0.2, 0.25) is 0 Å². The minimum atomic E-state index is 0.946. The van der Waals surface area contributed by atoms with Crippen molar-refractivity contribution in [1.82, 2.24) is 0 Å². The van der Waals surface area contributed by atoms with E-state index in [4.69, 9.17) is 6.42 Å². The predicted octanol–water partition coefficient (Wildman–Crippen LogP) is 5.88. The van der Waals surface area contributed by atoms with Crippen molar-refractivity contribution in [2.24, 2.45) is 0 Å². The molecule has 0 N–H and O–H groups in total. The fraction of sp³-hybridized carbons (Fsp3) is 0.765. The van der Waals surface area contributed by atoms with Gasteiger partial charge in [0.15, 0.2) is 0 Å². The molecule has 0 saturated carbocycles. The van der Waals surface area contributed by atoms with Gasteiger partial charge in [-0.15, -0.1) is 12.3 Å². The van der Waals surface area contributed by atoms with Gasteiger partial charge in [-0.3, -0.25) is 0 Å². The molecule has 0 atom stereocenters. The first-order chi connectivity index (χ1) is 8.41. The molecule has 0 amide bonds. The van der Waals surface area contributed by atoms with Gasteiger partial charge in [-0.1, -0.05) is 57.6 Å². The summed E-state index contributed by atoms with van der Waals surface area (Å²) in [5.41, 5.74) is 0. The van der Waals surface area contributed by atoms with Gasteiger partial charge < -0.3 is 0 Å². The molecule has 0 unspecified atom stereocenters. The van der Waals surface area contributed by atoms with Crippen LogP contribution in [0.4, 0.5) is 0 Å². The van der Waals surface area contributed by atoms with E-state index in [0.717, 1.165) is 6.42 Å². The maximum absolute atomic E-state index is 5.20. The summed E-state index contributed by atoms with van der Waals surface area (Å²) in [6, 6.07) is 0. The molecular formula is C17H30. The molecule has 0 heterocycles. The summed E-state index contributed by atoms with van der Waals surface area (Å²) in [6.45, 7) is 2.27. The number of rotatable bonds is 12. The second kappa shape index (κ2) is 15.3. The molecule has 0 radical (unpaired) electrons. The van der Waals surface area contributed by atoms with E-state index in [1.165, 1.54) is 70.6 Å². The zero-order valence-corrected chi connectivity index (χ0v) is 11.7. The highest BCUT2D eigenvalue weighted by molar-refractivity contribution is 4.84. The standard InChI is InChI=1S/C17H30/c1-3-5-7-9-11-13-15-17-16-14-12-10-8-6-4-2/h1,15,17H,4-14,16H2,2H3. The van der Waals surface area contributed by atoms with Crippen molar-refractivity contribution in [3.8, 4) is 12.3 Å². The second-order valence-electron chi connectivity index (χ2n) is 4.83. The Hall–Kier alpha value is -0.700. The monoisotopic (exact) mass is 234 g/mol. The van der Waals surface area contributed by atoms with Crippen LogP contribution in [0.15, 0.2) is 12.2 Å². The van der Waals surface area contributed by atoms with Crippen molar-refractivity contribution in [2.45, 2.75) is 84.0 Å². The smallest absolute Gasteiger partial charge is 0.00860 e. The predicted molar refractivity (Wildman–Crippen MR) is 79.1 cm³/mol. The zero-order valence-electron chi connectivity index (χ0n) is 11.7. The molecule has 0 aromatic carbocycles. The maximum Gasteiger partial charge on any atom is 0.00860 e. The number of allylic oxidation sites excluding steroid dienone is 2. The van der Waals surface area contributed by atoms with Crippen LogP contribution in [-0.2, 0) is 0 Å². The summed E-state index contributed by atoms with van der Waals surface area (Å²) in [6.07, 6.45) is 25.5. The number of hydrogen-bond acceptors (Lipinski definition) is 0. The van der Waals surface area contributed by atoms with Crippen LogP contribution in [0.5, 0.6) is 0 Å². The molecule has 98 valence electrons. The van der Waals surface area contributed by atoms with Crippen LogP contribution >= 0.6 is 0 Å². The molecule has 0 saturated heterocycles. The van der Waals surface area contributed by atoms with Gasteiger partial charge in [0.25, 0.3) is 0 Å². The minimum absolute atomic E-state index is 0.946. The second-order valence-corrected chi connectivity index (χ2v) is 4.83. The lowest BCUT2D eigenvalue weighted by Crippen LogP contribution is -1.78. The third-order valence-corrected chi connectivity index (χ3v) is 3.08. The highest BCUT2D eigenvalue weighted by atomic mass is 13.9. The molecule has 0 aliphatic carbocycles.